The molecule has 3 heteroatoms. The second-order valence-corrected chi connectivity index (χ2v) is 5.98. The lowest BCUT2D eigenvalue weighted by molar-refractivity contribution is 0.191. The zero-order valence-electron chi connectivity index (χ0n) is 12.4. The van der Waals surface area contributed by atoms with Crippen LogP contribution in [0.2, 0.25) is 0 Å². The van der Waals surface area contributed by atoms with Crippen molar-refractivity contribution < 1.29 is 4.74 Å². The van der Waals surface area contributed by atoms with Crippen LogP contribution in [-0.4, -0.2) is 37.7 Å². The maximum atomic E-state index is 6.08. The van der Waals surface area contributed by atoms with Crippen LogP contribution in [-0.2, 0) is 5.41 Å². The van der Waals surface area contributed by atoms with E-state index >= 15 is 0 Å². The molecule has 2 N–H and O–H groups in total. The summed E-state index contributed by atoms with van der Waals surface area (Å²) in [5, 5.41) is 0. The minimum atomic E-state index is 0.156. The van der Waals surface area contributed by atoms with Crippen LogP contribution in [0.4, 0.5) is 0 Å². The Labute approximate surface area is 116 Å². The van der Waals surface area contributed by atoms with Crippen molar-refractivity contribution in [3.63, 3.8) is 0 Å². The smallest absolute Gasteiger partial charge is 0.119 e. The first-order valence-electron chi connectivity index (χ1n) is 7.21. The molecule has 0 aromatic heterocycles. The molecule has 1 aromatic carbocycles. The Kier molecular flexibility index (Phi) is 4.48. The Hall–Kier alpha value is -1.06. The van der Waals surface area contributed by atoms with E-state index in [9.17, 15) is 0 Å². The van der Waals surface area contributed by atoms with Gasteiger partial charge < -0.3 is 15.4 Å². The topological polar surface area (TPSA) is 38.5 Å². The van der Waals surface area contributed by atoms with Gasteiger partial charge in [-0.05, 0) is 64.5 Å². The van der Waals surface area contributed by atoms with Crippen LogP contribution in [0.25, 0.3) is 0 Å². The van der Waals surface area contributed by atoms with Gasteiger partial charge in [-0.2, -0.15) is 0 Å². The summed E-state index contributed by atoms with van der Waals surface area (Å²) in [5.41, 5.74) is 7.60. The number of hydrogen-bond acceptors (Lipinski definition) is 3. The molecule has 0 atom stereocenters. The third-order valence-electron chi connectivity index (χ3n) is 4.17. The van der Waals surface area contributed by atoms with Crippen LogP contribution in [0.5, 0.6) is 5.75 Å². The summed E-state index contributed by atoms with van der Waals surface area (Å²) in [6.45, 7) is 7.08. The van der Waals surface area contributed by atoms with Crippen LogP contribution in [0.15, 0.2) is 24.3 Å². The fourth-order valence-electron chi connectivity index (χ4n) is 2.82. The molecule has 1 saturated heterocycles. The fourth-order valence-corrected chi connectivity index (χ4v) is 2.82. The highest BCUT2D eigenvalue weighted by Crippen LogP contribution is 2.35. The van der Waals surface area contributed by atoms with Crippen molar-refractivity contribution in [1.29, 1.82) is 0 Å². The highest BCUT2D eigenvalue weighted by Gasteiger charge is 2.33. The molecule has 1 aliphatic heterocycles. The maximum absolute atomic E-state index is 6.08. The van der Waals surface area contributed by atoms with Gasteiger partial charge >= 0.3 is 0 Å². The molecule has 1 aliphatic rings. The lowest BCUT2D eigenvalue weighted by atomic mass is 9.73. The largest absolute Gasteiger partial charge is 0.491 e. The Balaban J connectivity index is 2.15. The van der Waals surface area contributed by atoms with Gasteiger partial charge in [0, 0.05) is 12.0 Å². The van der Waals surface area contributed by atoms with Gasteiger partial charge in [-0.15, -0.1) is 0 Å². The van der Waals surface area contributed by atoms with E-state index in [0.717, 1.165) is 38.2 Å². The second kappa shape index (κ2) is 5.93. The van der Waals surface area contributed by atoms with Crippen molar-refractivity contribution >= 4 is 0 Å². The van der Waals surface area contributed by atoms with E-state index in [-0.39, 0.29) is 11.5 Å². The minimum Gasteiger partial charge on any atom is -0.491 e. The third kappa shape index (κ3) is 3.28. The SMILES string of the molecule is CC(C)Oc1ccc(C2(CN)CCN(C)CC2)cc1. The Morgan fingerprint density at radius 1 is 1.21 bits per heavy atom. The number of hydrogen-bond donors (Lipinski definition) is 1. The predicted octanol–water partition coefficient (Wildman–Crippen LogP) is 2.40. The second-order valence-electron chi connectivity index (χ2n) is 5.98. The van der Waals surface area contributed by atoms with E-state index in [1.807, 2.05) is 13.8 Å². The predicted molar refractivity (Wildman–Crippen MR) is 79.7 cm³/mol. The summed E-state index contributed by atoms with van der Waals surface area (Å²) >= 11 is 0. The highest BCUT2D eigenvalue weighted by molar-refractivity contribution is 5.33. The van der Waals surface area contributed by atoms with Crippen LogP contribution in [0.1, 0.15) is 32.3 Å². The van der Waals surface area contributed by atoms with Crippen molar-refractivity contribution in [3.05, 3.63) is 29.8 Å². The van der Waals surface area contributed by atoms with E-state index < -0.39 is 0 Å². The standard InChI is InChI=1S/C16H26N2O/c1-13(2)19-15-6-4-14(5-7-15)16(12-17)8-10-18(3)11-9-16/h4-7,13H,8-12,17H2,1-3H3. The molecule has 0 bridgehead atoms. The van der Waals surface area contributed by atoms with Gasteiger partial charge in [-0.1, -0.05) is 12.1 Å². The monoisotopic (exact) mass is 262 g/mol. The van der Waals surface area contributed by atoms with Gasteiger partial charge in [0.15, 0.2) is 0 Å². The lowest BCUT2D eigenvalue weighted by Crippen LogP contribution is -2.45. The summed E-state index contributed by atoms with van der Waals surface area (Å²) in [5.74, 6) is 0.943. The molecule has 106 valence electrons. The number of nitrogens with two attached hydrogens (primary N) is 1. The maximum Gasteiger partial charge on any atom is 0.119 e. The van der Waals surface area contributed by atoms with Gasteiger partial charge in [0.05, 0.1) is 6.10 Å². The van der Waals surface area contributed by atoms with Crippen molar-refractivity contribution in [2.24, 2.45) is 5.73 Å². The third-order valence-corrected chi connectivity index (χ3v) is 4.17. The minimum absolute atomic E-state index is 0.156. The van der Waals surface area contributed by atoms with Crippen molar-refractivity contribution in [2.75, 3.05) is 26.7 Å². The van der Waals surface area contributed by atoms with Crippen molar-refractivity contribution in [2.45, 2.75) is 38.2 Å². The van der Waals surface area contributed by atoms with Gasteiger partial charge in [-0.3, -0.25) is 0 Å². The summed E-state index contributed by atoms with van der Waals surface area (Å²) in [4.78, 5) is 2.38. The summed E-state index contributed by atoms with van der Waals surface area (Å²) in [6, 6.07) is 8.53. The number of ether oxygens (including phenoxy) is 1. The molecule has 0 amide bonds. The molecular formula is C16H26N2O. The normalized spacial score (nSPS) is 19.6. The molecule has 0 aliphatic carbocycles. The Morgan fingerprint density at radius 3 is 2.26 bits per heavy atom. The van der Waals surface area contributed by atoms with Gasteiger partial charge in [-0.25, -0.2) is 0 Å². The number of likely N-dealkylation sites (tertiary alicyclic amines) is 1. The van der Waals surface area contributed by atoms with E-state index in [0.29, 0.717) is 0 Å². The van der Waals surface area contributed by atoms with Crippen LogP contribution in [0.3, 0.4) is 0 Å². The number of benzene rings is 1. The molecule has 1 aromatic rings. The molecule has 1 fully saturated rings. The van der Waals surface area contributed by atoms with E-state index in [4.69, 9.17) is 10.5 Å². The van der Waals surface area contributed by atoms with Crippen molar-refractivity contribution in [1.82, 2.24) is 4.90 Å². The van der Waals surface area contributed by atoms with Gasteiger partial charge in [0.25, 0.3) is 0 Å². The number of piperidine rings is 1. The quantitative estimate of drug-likeness (QED) is 0.905. The first-order valence-corrected chi connectivity index (χ1v) is 7.21. The van der Waals surface area contributed by atoms with Crippen LogP contribution in [0, 0.1) is 0 Å². The fraction of sp³-hybridized carbons (Fsp3) is 0.625. The average Bonchev–Trinajstić information content (AvgIpc) is 2.40. The van der Waals surface area contributed by atoms with E-state index in [1.165, 1.54) is 5.56 Å². The lowest BCUT2D eigenvalue weighted by Gasteiger charge is -2.40. The van der Waals surface area contributed by atoms with E-state index in [1.54, 1.807) is 0 Å². The molecule has 1 heterocycles. The molecular weight excluding hydrogens is 236 g/mol. The summed E-state index contributed by atoms with van der Waals surface area (Å²) < 4.78 is 5.70. The molecule has 0 radical (unpaired) electrons. The highest BCUT2D eigenvalue weighted by atomic mass is 16.5. The van der Waals surface area contributed by atoms with Crippen molar-refractivity contribution in [3.8, 4) is 5.75 Å². The molecule has 0 saturated carbocycles. The first-order chi connectivity index (χ1) is 9.05. The Bertz CT molecular complexity index is 392. The Morgan fingerprint density at radius 2 is 1.79 bits per heavy atom. The average molecular weight is 262 g/mol. The van der Waals surface area contributed by atoms with Crippen LogP contribution >= 0.6 is 0 Å². The molecule has 2 rings (SSSR count). The van der Waals surface area contributed by atoms with Gasteiger partial charge in [0.2, 0.25) is 0 Å². The van der Waals surface area contributed by atoms with E-state index in [2.05, 4.69) is 36.2 Å². The molecule has 0 spiro atoms. The number of rotatable bonds is 4. The summed E-state index contributed by atoms with van der Waals surface area (Å²) in [7, 11) is 2.18. The van der Waals surface area contributed by atoms with Gasteiger partial charge in [0.1, 0.15) is 5.75 Å². The molecule has 19 heavy (non-hydrogen) atoms. The van der Waals surface area contributed by atoms with Crippen LogP contribution < -0.4 is 10.5 Å². The zero-order valence-corrected chi connectivity index (χ0v) is 12.4. The summed E-state index contributed by atoms with van der Waals surface area (Å²) in [6.07, 6.45) is 2.51. The number of nitrogens with zero attached hydrogens (tertiary/aromatic N) is 1. The zero-order chi connectivity index (χ0) is 13.9. The first kappa shape index (κ1) is 14.4. The molecule has 0 unspecified atom stereocenters. The molecule has 3 nitrogen and oxygen atoms in total.